The van der Waals surface area contributed by atoms with Crippen LogP contribution in [0.5, 0.6) is 0 Å². The third-order valence-corrected chi connectivity index (χ3v) is 4.03. The maximum Gasteiger partial charge on any atom is 0.356 e. The Balaban J connectivity index is 2.12. The van der Waals surface area contributed by atoms with Gasteiger partial charge in [-0.05, 0) is 19.8 Å². The van der Waals surface area contributed by atoms with Crippen LogP contribution in [0.25, 0.3) is 5.78 Å². The lowest BCUT2D eigenvalue weighted by molar-refractivity contribution is 0.0687. The molecular weight excluding hydrogens is 244 g/mol. The van der Waals surface area contributed by atoms with Crippen molar-refractivity contribution >= 4 is 11.7 Å². The van der Waals surface area contributed by atoms with Crippen LogP contribution >= 0.6 is 0 Å². The van der Waals surface area contributed by atoms with E-state index < -0.39 is 5.97 Å². The van der Waals surface area contributed by atoms with Gasteiger partial charge in [-0.3, -0.25) is 4.57 Å². The fourth-order valence-electron chi connectivity index (χ4n) is 3.05. The van der Waals surface area contributed by atoms with Gasteiger partial charge < -0.3 is 5.11 Å². The molecule has 0 spiro atoms. The molecule has 0 atom stereocenters. The highest BCUT2D eigenvalue weighted by molar-refractivity contribution is 5.87. The summed E-state index contributed by atoms with van der Waals surface area (Å²) >= 11 is 0. The molecule has 0 bridgehead atoms. The van der Waals surface area contributed by atoms with E-state index >= 15 is 0 Å². The Bertz CT molecular complexity index is 635. The Morgan fingerprint density at radius 3 is 2.63 bits per heavy atom. The van der Waals surface area contributed by atoms with Crippen molar-refractivity contribution in [1.82, 2.24) is 19.2 Å². The number of aromatic nitrogens is 4. The average Bonchev–Trinajstić information content (AvgIpc) is 2.87. The van der Waals surface area contributed by atoms with Crippen LogP contribution in [0.2, 0.25) is 0 Å². The lowest BCUT2D eigenvalue weighted by atomic mass is 9.89. The summed E-state index contributed by atoms with van der Waals surface area (Å²) in [6.07, 6.45) is 6.01. The first kappa shape index (κ1) is 12.2. The van der Waals surface area contributed by atoms with Gasteiger partial charge in [0.25, 0.3) is 0 Å². The van der Waals surface area contributed by atoms with Crippen LogP contribution < -0.4 is 0 Å². The fraction of sp³-hybridized carbons (Fsp3) is 0.615. The summed E-state index contributed by atoms with van der Waals surface area (Å²) in [6, 6.07) is 0. The van der Waals surface area contributed by atoms with Crippen LogP contribution in [-0.4, -0.2) is 30.2 Å². The first-order valence-electron chi connectivity index (χ1n) is 6.75. The van der Waals surface area contributed by atoms with E-state index in [4.69, 9.17) is 0 Å². The van der Waals surface area contributed by atoms with Crippen LogP contribution in [0.4, 0.5) is 0 Å². The van der Waals surface area contributed by atoms with Crippen molar-refractivity contribution in [3.05, 3.63) is 17.2 Å². The summed E-state index contributed by atoms with van der Waals surface area (Å²) in [4.78, 5) is 15.6. The number of hydrogen-bond acceptors (Lipinski definition) is 3. The summed E-state index contributed by atoms with van der Waals surface area (Å²) < 4.78 is 3.41. The molecule has 6 nitrogen and oxygen atoms in total. The standard InChI is InChI=1S/C13H18N4O2/c1-8-10(12(18)19)17-13(14-8)16(2)11(15-17)9-6-4-3-5-7-9/h9H,3-7H2,1-2H3,(H,18,19). The van der Waals surface area contributed by atoms with Crippen LogP contribution in [0.3, 0.4) is 0 Å². The molecule has 0 unspecified atom stereocenters. The third-order valence-electron chi connectivity index (χ3n) is 4.03. The van der Waals surface area contributed by atoms with Gasteiger partial charge in [0, 0.05) is 13.0 Å². The highest BCUT2D eigenvalue weighted by Crippen LogP contribution is 2.32. The molecule has 1 aliphatic carbocycles. The van der Waals surface area contributed by atoms with Gasteiger partial charge in [0.2, 0.25) is 5.78 Å². The molecule has 19 heavy (non-hydrogen) atoms. The first-order chi connectivity index (χ1) is 9.09. The van der Waals surface area contributed by atoms with Gasteiger partial charge in [-0.15, -0.1) is 0 Å². The average molecular weight is 262 g/mol. The van der Waals surface area contributed by atoms with Crippen molar-refractivity contribution in [2.24, 2.45) is 7.05 Å². The molecule has 0 aliphatic heterocycles. The molecule has 0 radical (unpaired) electrons. The minimum Gasteiger partial charge on any atom is -0.476 e. The Morgan fingerprint density at radius 2 is 2.00 bits per heavy atom. The normalized spacial score (nSPS) is 17.2. The van der Waals surface area contributed by atoms with E-state index in [0.29, 0.717) is 17.4 Å². The lowest BCUT2D eigenvalue weighted by Gasteiger charge is -2.20. The summed E-state index contributed by atoms with van der Waals surface area (Å²) in [6.45, 7) is 1.71. The summed E-state index contributed by atoms with van der Waals surface area (Å²) in [5, 5.41) is 13.8. The van der Waals surface area contributed by atoms with Gasteiger partial charge >= 0.3 is 5.97 Å². The Morgan fingerprint density at radius 1 is 1.32 bits per heavy atom. The molecule has 1 aliphatic rings. The van der Waals surface area contributed by atoms with E-state index in [2.05, 4.69) is 10.1 Å². The van der Waals surface area contributed by atoms with Crippen molar-refractivity contribution < 1.29 is 9.90 Å². The van der Waals surface area contributed by atoms with E-state index in [0.717, 1.165) is 18.7 Å². The smallest absolute Gasteiger partial charge is 0.356 e. The Hall–Kier alpha value is -1.85. The molecule has 1 N–H and O–H groups in total. The highest BCUT2D eigenvalue weighted by atomic mass is 16.4. The molecule has 2 heterocycles. The van der Waals surface area contributed by atoms with Gasteiger partial charge in [0.1, 0.15) is 5.82 Å². The number of imidazole rings is 1. The number of aryl methyl sites for hydroxylation is 2. The Labute approximate surface area is 111 Å². The summed E-state index contributed by atoms with van der Waals surface area (Å²) in [5.74, 6) is 1.04. The van der Waals surface area contributed by atoms with Gasteiger partial charge in [0.15, 0.2) is 5.69 Å². The largest absolute Gasteiger partial charge is 0.476 e. The monoisotopic (exact) mass is 262 g/mol. The first-order valence-corrected chi connectivity index (χ1v) is 6.75. The molecule has 0 aromatic carbocycles. The van der Waals surface area contributed by atoms with Crippen molar-refractivity contribution in [1.29, 1.82) is 0 Å². The molecule has 1 fully saturated rings. The third kappa shape index (κ3) is 1.82. The van der Waals surface area contributed by atoms with Gasteiger partial charge in [-0.2, -0.15) is 9.61 Å². The number of nitrogens with zero attached hydrogens (tertiary/aromatic N) is 4. The highest BCUT2D eigenvalue weighted by Gasteiger charge is 2.25. The number of rotatable bonds is 2. The predicted molar refractivity (Wildman–Crippen MR) is 69.5 cm³/mol. The molecule has 0 amide bonds. The minimum atomic E-state index is -0.974. The summed E-state index contributed by atoms with van der Waals surface area (Å²) in [7, 11) is 1.92. The van der Waals surface area contributed by atoms with Crippen molar-refractivity contribution in [3.63, 3.8) is 0 Å². The molecule has 1 saturated carbocycles. The second-order valence-corrected chi connectivity index (χ2v) is 5.31. The SMILES string of the molecule is Cc1nc2n(C)c(C3CCCCC3)nn2c1C(=O)O. The van der Waals surface area contributed by atoms with Crippen LogP contribution in [0.1, 0.15) is 60.0 Å². The maximum atomic E-state index is 11.3. The van der Waals surface area contributed by atoms with Crippen molar-refractivity contribution in [2.45, 2.75) is 44.9 Å². The number of carboxylic acids is 1. The zero-order valence-corrected chi connectivity index (χ0v) is 11.3. The number of aromatic carboxylic acids is 1. The Kier molecular flexibility index (Phi) is 2.80. The molecule has 6 heteroatoms. The molecular formula is C13H18N4O2. The van der Waals surface area contributed by atoms with E-state index in [1.165, 1.54) is 23.8 Å². The van der Waals surface area contributed by atoms with E-state index in [9.17, 15) is 9.90 Å². The lowest BCUT2D eigenvalue weighted by Crippen LogP contribution is -2.11. The zero-order chi connectivity index (χ0) is 13.6. The van der Waals surface area contributed by atoms with Gasteiger partial charge in [-0.25, -0.2) is 9.78 Å². The van der Waals surface area contributed by atoms with Gasteiger partial charge in [-0.1, -0.05) is 19.3 Å². The second kappa shape index (κ2) is 4.36. The van der Waals surface area contributed by atoms with E-state index in [1.54, 1.807) is 6.92 Å². The molecule has 102 valence electrons. The summed E-state index contributed by atoms with van der Waals surface area (Å²) in [5.41, 5.74) is 0.688. The molecule has 3 rings (SSSR count). The minimum absolute atomic E-state index is 0.174. The second-order valence-electron chi connectivity index (χ2n) is 5.31. The quantitative estimate of drug-likeness (QED) is 0.899. The fourth-order valence-corrected chi connectivity index (χ4v) is 3.05. The number of carboxylic acid groups (broad SMARTS) is 1. The van der Waals surface area contributed by atoms with E-state index in [1.807, 2.05) is 11.6 Å². The van der Waals surface area contributed by atoms with Crippen LogP contribution in [-0.2, 0) is 7.05 Å². The topological polar surface area (TPSA) is 72.4 Å². The predicted octanol–water partition coefficient (Wildman–Crippen LogP) is 2.12. The van der Waals surface area contributed by atoms with Crippen molar-refractivity contribution in [3.8, 4) is 0 Å². The number of carbonyl (C=O) groups is 1. The van der Waals surface area contributed by atoms with Crippen LogP contribution in [0, 0.1) is 6.92 Å². The van der Waals surface area contributed by atoms with Gasteiger partial charge in [0.05, 0.1) is 5.69 Å². The van der Waals surface area contributed by atoms with E-state index in [-0.39, 0.29) is 5.69 Å². The zero-order valence-electron chi connectivity index (χ0n) is 11.3. The molecule has 0 saturated heterocycles. The number of hydrogen-bond donors (Lipinski definition) is 1. The van der Waals surface area contributed by atoms with Crippen molar-refractivity contribution in [2.75, 3.05) is 0 Å². The molecule has 2 aromatic rings. The van der Waals surface area contributed by atoms with Crippen LogP contribution in [0.15, 0.2) is 0 Å². The maximum absolute atomic E-state index is 11.3. The molecule has 2 aromatic heterocycles. The number of fused-ring (bicyclic) bond motifs is 1.